The minimum atomic E-state index is -1.22. The molecule has 0 radical (unpaired) electrons. The zero-order chi connectivity index (χ0) is 13.0. The number of carboxylic acids is 1. The van der Waals surface area contributed by atoms with E-state index in [1.54, 1.807) is 23.9 Å². The molecule has 0 spiro atoms. The van der Waals surface area contributed by atoms with Gasteiger partial charge in [0.15, 0.2) is 0 Å². The molecule has 1 fully saturated rings. The number of hydrogen-bond donors (Lipinski definition) is 1. The average molecular weight is 270 g/mol. The van der Waals surface area contributed by atoms with Crippen LogP contribution in [0.3, 0.4) is 0 Å². The topological polar surface area (TPSA) is 46.5 Å². The first-order valence-electron chi connectivity index (χ1n) is 5.88. The van der Waals surface area contributed by atoms with E-state index in [9.17, 15) is 9.18 Å². The fraction of sp³-hybridized carbons (Fsp3) is 0.462. The van der Waals surface area contributed by atoms with E-state index in [1.807, 2.05) is 0 Å². The van der Waals surface area contributed by atoms with Gasteiger partial charge in [-0.2, -0.15) is 11.8 Å². The Labute approximate surface area is 109 Å². The number of carboxylic acid groups (broad SMARTS) is 1. The van der Waals surface area contributed by atoms with Gasteiger partial charge in [0.25, 0.3) is 0 Å². The Hall–Kier alpha value is -1.07. The Kier molecular flexibility index (Phi) is 4.60. The minimum absolute atomic E-state index is 0.259. The van der Waals surface area contributed by atoms with Crippen LogP contribution >= 0.6 is 11.8 Å². The minimum Gasteiger partial charge on any atom is -0.478 e. The number of thioether (sulfide) groups is 1. The van der Waals surface area contributed by atoms with E-state index in [2.05, 4.69) is 0 Å². The van der Waals surface area contributed by atoms with Crippen molar-refractivity contribution in [1.29, 1.82) is 0 Å². The second-order valence-corrected chi connectivity index (χ2v) is 5.26. The third kappa shape index (κ3) is 3.23. The quantitative estimate of drug-likeness (QED) is 0.893. The Morgan fingerprint density at radius 2 is 2.39 bits per heavy atom. The van der Waals surface area contributed by atoms with E-state index < -0.39 is 11.8 Å². The lowest BCUT2D eigenvalue weighted by atomic mass is 10.1. The highest BCUT2D eigenvalue weighted by atomic mass is 32.2. The molecule has 1 aliphatic heterocycles. The maximum Gasteiger partial charge on any atom is 0.338 e. The third-order valence-electron chi connectivity index (χ3n) is 2.89. The summed E-state index contributed by atoms with van der Waals surface area (Å²) in [7, 11) is 0. The van der Waals surface area contributed by atoms with Crippen LogP contribution in [0, 0.1) is 5.82 Å². The first-order chi connectivity index (χ1) is 8.68. The molecule has 1 heterocycles. The maximum atomic E-state index is 13.8. The summed E-state index contributed by atoms with van der Waals surface area (Å²) in [5.41, 5.74) is 0.183. The van der Waals surface area contributed by atoms with Gasteiger partial charge in [0, 0.05) is 18.1 Å². The molecule has 3 nitrogen and oxygen atoms in total. The standard InChI is InChI=1S/C13H15FO3S/c14-12-9(3-1-5-11(12)13(15)16)7-18-8-10-4-2-6-17-10/h1,3,5,10H,2,4,6-8H2,(H,15,16). The predicted molar refractivity (Wildman–Crippen MR) is 68.5 cm³/mol. The van der Waals surface area contributed by atoms with E-state index in [-0.39, 0.29) is 11.7 Å². The van der Waals surface area contributed by atoms with Gasteiger partial charge in [-0.1, -0.05) is 12.1 Å². The zero-order valence-electron chi connectivity index (χ0n) is 9.89. The van der Waals surface area contributed by atoms with E-state index in [0.717, 1.165) is 25.2 Å². The predicted octanol–water partition coefficient (Wildman–Crippen LogP) is 2.94. The van der Waals surface area contributed by atoms with Crippen LogP contribution in [0.15, 0.2) is 18.2 Å². The number of rotatable bonds is 5. The number of hydrogen-bond acceptors (Lipinski definition) is 3. The van der Waals surface area contributed by atoms with E-state index >= 15 is 0 Å². The molecule has 98 valence electrons. The second kappa shape index (κ2) is 6.20. The van der Waals surface area contributed by atoms with Crippen LogP contribution < -0.4 is 0 Å². The SMILES string of the molecule is O=C(O)c1cccc(CSCC2CCCO2)c1F. The van der Waals surface area contributed by atoms with Crippen LogP contribution in [0.25, 0.3) is 0 Å². The van der Waals surface area contributed by atoms with Gasteiger partial charge >= 0.3 is 5.97 Å². The fourth-order valence-electron chi connectivity index (χ4n) is 1.93. The highest BCUT2D eigenvalue weighted by Gasteiger charge is 2.17. The molecule has 18 heavy (non-hydrogen) atoms. The summed E-state index contributed by atoms with van der Waals surface area (Å²) in [5, 5.41) is 8.82. The van der Waals surface area contributed by atoms with Gasteiger partial charge < -0.3 is 9.84 Å². The first kappa shape index (κ1) is 13.4. The van der Waals surface area contributed by atoms with Crippen molar-refractivity contribution in [3.05, 3.63) is 35.1 Å². The number of carbonyl (C=O) groups is 1. The lowest BCUT2D eigenvalue weighted by Gasteiger charge is -2.09. The van der Waals surface area contributed by atoms with Crippen molar-refractivity contribution < 1.29 is 19.0 Å². The molecule has 2 rings (SSSR count). The Morgan fingerprint density at radius 3 is 3.06 bits per heavy atom. The van der Waals surface area contributed by atoms with Gasteiger partial charge in [0.05, 0.1) is 11.7 Å². The van der Waals surface area contributed by atoms with Crippen LogP contribution in [-0.4, -0.2) is 29.5 Å². The van der Waals surface area contributed by atoms with Gasteiger partial charge in [-0.3, -0.25) is 0 Å². The van der Waals surface area contributed by atoms with E-state index in [1.165, 1.54) is 6.07 Å². The zero-order valence-corrected chi connectivity index (χ0v) is 10.7. The lowest BCUT2D eigenvalue weighted by Crippen LogP contribution is -2.08. The summed E-state index contributed by atoms with van der Waals surface area (Å²) in [6, 6.07) is 4.49. The molecule has 1 unspecified atom stereocenters. The molecule has 1 aliphatic rings. The molecule has 1 aromatic rings. The molecule has 1 N–H and O–H groups in total. The molecule has 1 aromatic carbocycles. The Balaban J connectivity index is 1.92. The van der Waals surface area contributed by atoms with Gasteiger partial charge in [0.2, 0.25) is 0 Å². The molecule has 0 bridgehead atoms. The number of benzene rings is 1. The summed E-state index contributed by atoms with van der Waals surface area (Å²) in [5.74, 6) is -0.535. The first-order valence-corrected chi connectivity index (χ1v) is 7.04. The molecular weight excluding hydrogens is 255 g/mol. The third-order valence-corrected chi connectivity index (χ3v) is 4.02. The summed E-state index contributed by atoms with van der Waals surface area (Å²) in [6.45, 7) is 0.814. The maximum absolute atomic E-state index is 13.8. The molecule has 0 aliphatic carbocycles. The number of aromatic carboxylic acids is 1. The van der Waals surface area contributed by atoms with Gasteiger partial charge in [0.1, 0.15) is 5.82 Å². The Morgan fingerprint density at radius 1 is 1.56 bits per heavy atom. The van der Waals surface area contributed by atoms with Crippen LogP contribution in [0.2, 0.25) is 0 Å². The van der Waals surface area contributed by atoms with E-state index in [0.29, 0.717) is 11.3 Å². The van der Waals surface area contributed by atoms with Crippen molar-refractivity contribution in [1.82, 2.24) is 0 Å². The van der Waals surface area contributed by atoms with Crippen LogP contribution in [0.5, 0.6) is 0 Å². The molecule has 0 amide bonds. The molecule has 1 saturated heterocycles. The van der Waals surface area contributed by atoms with Crippen molar-refractivity contribution >= 4 is 17.7 Å². The van der Waals surface area contributed by atoms with Crippen LogP contribution in [-0.2, 0) is 10.5 Å². The van der Waals surface area contributed by atoms with Crippen molar-refractivity contribution in [3.63, 3.8) is 0 Å². The Bertz CT molecular complexity index is 430. The monoisotopic (exact) mass is 270 g/mol. The molecule has 1 atom stereocenters. The van der Waals surface area contributed by atoms with Gasteiger partial charge in [-0.15, -0.1) is 0 Å². The van der Waals surface area contributed by atoms with E-state index in [4.69, 9.17) is 9.84 Å². The van der Waals surface area contributed by atoms with Crippen molar-refractivity contribution in [2.45, 2.75) is 24.7 Å². The summed E-state index contributed by atoms with van der Waals surface area (Å²) in [6.07, 6.45) is 2.42. The normalized spacial score (nSPS) is 19.1. The molecule has 0 saturated carbocycles. The van der Waals surface area contributed by atoms with Crippen molar-refractivity contribution in [2.24, 2.45) is 0 Å². The number of halogens is 1. The molecule has 0 aromatic heterocycles. The van der Waals surface area contributed by atoms with Gasteiger partial charge in [-0.25, -0.2) is 9.18 Å². The molecular formula is C13H15FO3S. The lowest BCUT2D eigenvalue weighted by molar-refractivity contribution is 0.0691. The summed E-state index contributed by atoms with van der Waals surface area (Å²) < 4.78 is 19.3. The number of ether oxygens (including phenoxy) is 1. The largest absolute Gasteiger partial charge is 0.478 e. The van der Waals surface area contributed by atoms with Crippen molar-refractivity contribution in [2.75, 3.05) is 12.4 Å². The second-order valence-electron chi connectivity index (χ2n) is 4.23. The smallest absolute Gasteiger partial charge is 0.338 e. The highest BCUT2D eigenvalue weighted by Crippen LogP contribution is 2.22. The average Bonchev–Trinajstić information content (AvgIpc) is 2.84. The highest BCUT2D eigenvalue weighted by molar-refractivity contribution is 7.98. The van der Waals surface area contributed by atoms with Crippen LogP contribution in [0.4, 0.5) is 4.39 Å². The summed E-state index contributed by atoms with van der Waals surface area (Å²) >= 11 is 1.58. The van der Waals surface area contributed by atoms with Crippen LogP contribution in [0.1, 0.15) is 28.8 Å². The van der Waals surface area contributed by atoms with Crippen molar-refractivity contribution in [3.8, 4) is 0 Å². The van der Waals surface area contributed by atoms with Gasteiger partial charge in [-0.05, 0) is 24.5 Å². The summed E-state index contributed by atoms with van der Waals surface area (Å²) in [4.78, 5) is 10.8. The fourth-order valence-corrected chi connectivity index (χ4v) is 3.02. The molecule has 5 heteroatoms.